The van der Waals surface area contributed by atoms with Gasteiger partial charge in [-0.25, -0.2) is 0 Å². The second-order valence-corrected chi connectivity index (χ2v) is 6.25. The first-order chi connectivity index (χ1) is 11.0. The third-order valence-electron chi connectivity index (χ3n) is 4.03. The van der Waals surface area contributed by atoms with Crippen LogP contribution in [-0.4, -0.2) is 12.5 Å². The van der Waals surface area contributed by atoms with Crippen LogP contribution >= 0.6 is 0 Å². The maximum Gasteiger partial charge on any atom is 0.239 e. The minimum Gasteiger partial charge on any atom is -0.376 e. The lowest BCUT2D eigenvalue weighted by molar-refractivity contribution is -0.120. The second-order valence-electron chi connectivity index (χ2n) is 6.25. The van der Waals surface area contributed by atoms with E-state index in [4.69, 9.17) is 0 Å². The number of carbonyl (C=O) groups excluding carboxylic acids is 1. The van der Waals surface area contributed by atoms with Crippen LogP contribution in [-0.2, 0) is 4.79 Å². The molecule has 122 valence electrons. The van der Waals surface area contributed by atoms with Crippen molar-refractivity contribution in [1.82, 2.24) is 5.32 Å². The monoisotopic (exact) mass is 310 g/mol. The van der Waals surface area contributed by atoms with E-state index in [1.54, 1.807) is 0 Å². The molecule has 2 N–H and O–H groups in total. The molecule has 0 fully saturated rings. The second kappa shape index (κ2) is 7.82. The van der Waals surface area contributed by atoms with Gasteiger partial charge in [0.15, 0.2) is 0 Å². The molecule has 1 atom stereocenters. The Balaban J connectivity index is 1.97. The van der Waals surface area contributed by atoms with Gasteiger partial charge in [-0.3, -0.25) is 4.79 Å². The molecule has 0 aromatic heterocycles. The highest BCUT2D eigenvalue weighted by atomic mass is 16.1. The zero-order chi connectivity index (χ0) is 16.8. The van der Waals surface area contributed by atoms with Crippen molar-refractivity contribution in [2.24, 2.45) is 0 Å². The third-order valence-corrected chi connectivity index (χ3v) is 4.03. The molecule has 3 heteroatoms. The van der Waals surface area contributed by atoms with E-state index in [0.29, 0.717) is 5.92 Å². The molecule has 2 aromatic rings. The summed E-state index contributed by atoms with van der Waals surface area (Å²) in [5, 5.41) is 6.34. The molecule has 0 aliphatic heterocycles. The summed E-state index contributed by atoms with van der Waals surface area (Å²) in [4.78, 5) is 12.2. The number of hydrogen-bond donors (Lipinski definition) is 2. The van der Waals surface area contributed by atoms with Crippen molar-refractivity contribution in [3.63, 3.8) is 0 Å². The van der Waals surface area contributed by atoms with E-state index in [1.165, 1.54) is 11.1 Å². The lowest BCUT2D eigenvalue weighted by Crippen LogP contribution is -2.32. The van der Waals surface area contributed by atoms with Crippen LogP contribution in [0.25, 0.3) is 0 Å². The summed E-state index contributed by atoms with van der Waals surface area (Å²) in [5.74, 6) is 0.419. The van der Waals surface area contributed by atoms with Gasteiger partial charge in [0.1, 0.15) is 0 Å². The first-order valence-electron chi connectivity index (χ1n) is 8.16. The fourth-order valence-corrected chi connectivity index (χ4v) is 2.70. The highest BCUT2D eigenvalue weighted by molar-refractivity contribution is 5.81. The summed E-state index contributed by atoms with van der Waals surface area (Å²) in [6.07, 6.45) is 0. The van der Waals surface area contributed by atoms with Gasteiger partial charge < -0.3 is 10.6 Å². The number of amides is 1. The fourth-order valence-electron chi connectivity index (χ4n) is 2.70. The number of rotatable bonds is 6. The van der Waals surface area contributed by atoms with Crippen molar-refractivity contribution >= 4 is 11.6 Å². The maximum atomic E-state index is 12.2. The predicted octanol–water partition coefficient (Wildman–Crippen LogP) is 4.41. The summed E-state index contributed by atoms with van der Waals surface area (Å²) >= 11 is 0. The first-order valence-corrected chi connectivity index (χ1v) is 8.16. The third kappa shape index (κ3) is 4.59. The first kappa shape index (κ1) is 17.1. The molecule has 1 amide bonds. The van der Waals surface area contributed by atoms with Crippen LogP contribution in [0.5, 0.6) is 0 Å². The van der Waals surface area contributed by atoms with Gasteiger partial charge in [0.05, 0.1) is 12.6 Å². The van der Waals surface area contributed by atoms with E-state index in [9.17, 15) is 4.79 Å². The van der Waals surface area contributed by atoms with Crippen LogP contribution in [0, 0.1) is 6.92 Å². The highest BCUT2D eigenvalue weighted by Crippen LogP contribution is 2.27. The number of benzene rings is 2. The molecular weight excluding hydrogens is 284 g/mol. The van der Waals surface area contributed by atoms with Crippen molar-refractivity contribution in [3.05, 3.63) is 65.2 Å². The maximum absolute atomic E-state index is 12.2. The molecular formula is C20H26N2O. The van der Waals surface area contributed by atoms with Gasteiger partial charge >= 0.3 is 0 Å². The smallest absolute Gasteiger partial charge is 0.239 e. The van der Waals surface area contributed by atoms with Crippen LogP contribution in [0.2, 0.25) is 0 Å². The molecule has 1 unspecified atom stereocenters. The highest BCUT2D eigenvalue weighted by Gasteiger charge is 2.12. The summed E-state index contributed by atoms with van der Waals surface area (Å²) < 4.78 is 0. The fraction of sp³-hybridized carbons (Fsp3) is 0.350. The molecule has 0 saturated carbocycles. The van der Waals surface area contributed by atoms with Gasteiger partial charge in [0.2, 0.25) is 5.91 Å². The largest absolute Gasteiger partial charge is 0.376 e. The van der Waals surface area contributed by atoms with Crippen molar-refractivity contribution in [2.45, 2.75) is 39.7 Å². The van der Waals surface area contributed by atoms with E-state index >= 15 is 0 Å². The molecule has 0 aliphatic carbocycles. The normalized spacial score (nSPS) is 12.0. The number of para-hydroxylation sites is 1. The van der Waals surface area contributed by atoms with E-state index in [2.05, 4.69) is 49.6 Å². The Kier molecular flexibility index (Phi) is 5.80. The molecule has 3 nitrogen and oxygen atoms in total. The summed E-state index contributed by atoms with van der Waals surface area (Å²) in [5.41, 5.74) is 4.60. The minimum atomic E-state index is -0.000637. The Morgan fingerprint density at radius 2 is 1.70 bits per heavy atom. The lowest BCUT2D eigenvalue weighted by Gasteiger charge is -2.18. The number of aryl methyl sites for hydroxylation is 1. The Morgan fingerprint density at radius 3 is 2.35 bits per heavy atom. The molecule has 0 radical (unpaired) electrons. The molecule has 2 rings (SSSR count). The Bertz CT molecular complexity index is 650. The standard InChI is InChI=1S/C20H26N2O/c1-14(2)18-12-8-9-15(3)20(18)21-13-19(23)22-16(4)17-10-6-5-7-11-17/h5-12,14,16,21H,13H2,1-4H3,(H,22,23). The van der Waals surface area contributed by atoms with Gasteiger partial charge in [0, 0.05) is 5.69 Å². The molecule has 0 heterocycles. The minimum absolute atomic E-state index is 0.000637. The van der Waals surface area contributed by atoms with Crippen molar-refractivity contribution in [2.75, 3.05) is 11.9 Å². The number of anilines is 1. The number of nitrogens with one attached hydrogen (secondary N) is 2. The van der Waals surface area contributed by atoms with Gasteiger partial charge in [-0.15, -0.1) is 0 Å². The molecule has 0 saturated heterocycles. The zero-order valence-electron chi connectivity index (χ0n) is 14.4. The van der Waals surface area contributed by atoms with Crippen LogP contribution in [0.15, 0.2) is 48.5 Å². The zero-order valence-corrected chi connectivity index (χ0v) is 14.4. The molecule has 2 aromatic carbocycles. The van der Waals surface area contributed by atoms with E-state index in [-0.39, 0.29) is 18.5 Å². The molecule has 0 spiro atoms. The van der Waals surface area contributed by atoms with Crippen molar-refractivity contribution in [1.29, 1.82) is 0 Å². The molecule has 23 heavy (non-hydrogen) atoms. The van der Waals surface area contributed by atoms with E-state index < -0.39 is 0 Å². The average molecular weight is 310 g/mol. The van der Waals surface area contributed by atoms with Crippen LogP contribution < -0.4 is 10.6 Å². The van der Waals surface area contributed by atoms with Gasteiger partial charge in [-0.1, -0.05) is 62.4 Å². The average Bonchev–Trinajstić information content (AvgIpc) is 2.54. The summed E-state index contributed by atoms with van der Waals surface area (Å²) in [6.45, 7) is 8.68. The van der Waals surface area contributed by atoms with Crippen LogP contribution in [0.1, 0.15) is 49.4 Å². The summed E-state index contributed by atoms with van der Waals surface area (Å²) in [7, 11) is 0. The SMILES string of the molecule is Cc1cccc(C(C)C)c1NCC(=O)NC(C)c1ccccc1. The summed E-state index contributed by atoms with van der Waals surface area (Å²) in [6, 6.07) is 16.2. The van der Waals surface area contributed by atoms with Gasteiger partial charge in [-0.05, 0) is 36.5 Å². The van der Waals surface area contributed by atoms with E-state index in [0.717, 1.165) is 11.3 Å². The van der Waals surface area contributed by atoms with Crippen molar-refractivity contribution < 1.29 is 4.79 Å². The topological polar surface area (TPSA) is 41.1 Å². The molecule has 0 aliphatic rings. The Hall–Kier alpha value is -2.29. The van der Waals surface area contributed by atoms with Gasteiger partial charge in [-0.2, -0.15) is 0 Å². The Morgan fingerprint density at radius 1 is 1.00 bits per heavy atom. The Labute approximate surface area is 139 Å². The molecule has 0 bridgehead atoms. The predicted molar refractivity (Wildman–Crippen MR) is 96.8 cm³/mol. The number of hydrogen-bond acceptors (Lipinski definition) is 2. The van der Waals surface area contributed by atoms with Crippen molar-refractivity contribution in [3.8, 4) is 0 Å². The van der Waals surface area contributed by atoms with Crippen LogP contribution in [0.3, 0.4) is 0 Å². The van der Waals surface area contributed by atoms with Crippen LogP contribution in [0.4, 0.5) is 5.69 Å². The lowest BCUT2D eigenvalue weighted by atomic mass is 9.98. The quantitative estimate of drug-likeness (QED) is 0.830. The number of carbonyl (C=O) groups is 1. The van der Waals surface area contributed by atoms with E-state index in [1.807, 2.05) is 37.3 Å². The van der Waals surface area contributed by atoms with Gasteiger partial charge in [0.25, 0.3) is 0 Å².